The van der Waals surface area contributed by atoms with Crippen molar-refractivity contribution in [1.82, 2.24) is 10.9 Å². The fraction of sp³-hybridized carbons (Fsp3) is 0.348. The summed E-state index contributed by atoms with van der Waals surface area (Å²) in [6.07, 6.45) is 3.52. The number of carbonyl (C=O) groups excluding carboxylic acids is 1. The largest absolute Gasteiger partial charge is 0.505 e. The Kier molecular flexibility index (Phi) is 9.95. The third-order valence-electron chi connectivity index (χ3n) is 4.88. The van der Waals surface area contributed by atoms with Gasteiger partial charge < -0.3 is 19.9 Å². The average molecular weight is 446 g/mol. The first-order valence-corrected chi connectivity index (χ1v) is 10.7. The molecule has 0 saturated carbocycles. The van der Waals surface area contributed by atoms with E-state index in [-0.39, 0.29) is 11.3 Å². The molecule has 168 valence electrons. The molecule has 1 heterocycles. The van der Waals surface area contributed by atoms with E-state index >= 15 is 0 Å². The van der Waals surface area contributed by atoms with Crippen molar-refractivity contribution in [2.45, 2.75) is 20.3 Å². The molecule has 0 radical (unpaired) electrons. The van der Waals surface area contributed by atoms with Gasteiger partial charge in [0.2, 0.25) is 0 Å². The maximum absolute atomic E-state index is 11.3. The van der Waals surface area contributed by atoms with Gasteiger partial charge in [0.1, 0.15) is 18.2 Å². The van der Waals surface area contributed by atoms with Gasteiger partial charge in [-0.05, 0) is 49.8 Å². The summed E-state index contributed by atoms with van der Waals surface area (Å²) in [7, 11) is 6.06. The van der Waals surface area contributed by atoms with Crippen LogP contribution in [0.15, 0.2) is 29.8 Å². The normalized spacial score (nSPS) is 12.1. The number of rotatable bonds is 8. The number of phenolic OH excluding ortho intramolecular Hbond substituents is 1. The number of hydrogen-bond donors (Lipinski definition) is 4. The molecule has 7 nitrogen and oxygen atoms in total. The van der Waals surface area contributed by atoms with Crippen molar-refractivity contribution in [3.05, 3.63) is 52.1 Å². The van der Waals surface area contributed by atoms with E-state index in [1.165, 1.54) is 11.1 Å². The number of methoxy groups -OCH3 is 1. The van der Waals surface area contributed by atoms with E-state index in [0.717, 1.165) is 23.9 Å². The number of ether oxygens (including phenoxy) is 2. The summed E-state index contributed by atoms with van der Waals surface area (Å²) in [6, 6.07) is 8.34. The number of anilines is 1. The lowest BCUT2D eigenvalue weighted by Crippen LogP contribution is -2.29. The molecule has 0 aliphatic carbocycles. The smallest absolute Gasteiger partial charge is 0.154 e. The van der Waals surface area contributed by atoms with Crippen molar-refractivity contribution in [3.8, 4) is 11.5 Å². The highest BCUT2D eigenvalue weighted by Crippen LogP contribution is 2.44. The molecule has 4 N–H and O–H groups in total. The first kappa shape index (κ1) is 24.8. The van der Waals surface area contributed by atoms with Gasteiger partial charge in [-0.15, -0.1) is 9.24 Å². The summed E-state index contributed by atoms with van der Waals surface area (Å²) in [5.41, 5.74) is 10.2. The molecule has 3 rings (SSSR count). The summed E-state index contributed by atoms with van der Waals surface area (Å²) in [5, 5.41) is 14.7. The second-order valence-electron chi connectivity index (χ2n) is 6.97. The summed E-state index contributed by atoms with van der Waals surface area (Å²) >= 11 is 0. The summed E-state index contributed by atoms with van der Waals surface area (Å²) in [5.74, 6) is 0.607. The van der Waals surface area contributed by atoms with Crippen LogP contribution in [-0.2, 0) is 11.2 Å². The first-order valence-electron chi connectivity index (χ1n) is 10.1. The highest BCUT2D eigenvalue weighted by molar-refractivity contribution is 7.27. The first-order chi connectivity index (χ1) is 15.0. The van der Waals surface area contributed by atoms with Crippen LogP contribution in [-0.4, -0.2) is 45.4 Å². The third kappa shape index (κ3) is 6.52. The number of hydrazine groups is 1. The predicted octanol–water partition coefficient (Wildman–Crippen LogP) is 2.78. The van der Waals surface area contributed by atoms with E-state index in [4.69, 9.17) is 9.47 Å². The summed E-state index contributed by atoms with van der Waals surface area (Å²) in [6.45, 7) is 5.69. The number of aldehydes is 1. The van der Waals surface area contributed by atoms with Gasteiger partial charge in [0.15, 0.2) is 6.29 Å². The number of benzene rings is 2. The second kappa shape index (κ2) is 12.4. The minimum Gasteiger partial charge on any atom is -0.505 e. The quantitative estimate of drug-likeness (QED) is 0.124. The molecule has 1 aliphatic rings. The minimum atomic E-state index is -0.0130. The van der Waals surface area contributed by atoms with E-state index in [2.05, 4.69) is 49.7 Å². The van der Waals surface area contributed by atoms with Crippen molar-refractivity contribution >= 4 is 32.6 Å². The van der Waals surface area contributed by atoms with Crippen molar-refractivity contribution < 1.29 is 19.4 Å². The number of hydrogen-bond acceptors (Lipinski definition) is 7. The Morgan fingerprint density at radius 1 is 1.29 bits per heavy atom. The zero-order valence-corrected chi connectivity index (χ0v) is 19.7. The van der Waals surface area contributed by atoms with Crippen LogP contribution in [0.3, 0.4) is 0 Å². The number of carbonyl (C=O) groups is 1. The maximum Gasteiger partial charge on any atom is 0.154 e. The molecule has 31 heavy (non-hydrogen) atoms. The summed E-state index contributed by atoms with van der Waals surface area (Å²) < 4.78 is 10.4. The zero-order chi connectivity index (χ0) is 22.8. The van der Waals surface area contributed by atoms with E-state index in [9.17, 15) is 9.90 Å². The Bertz CT molecular complexity index is 910. The molecule has 0 fully saturated rings. The molecule has 2 aromatic rings. The topological polar surface area (TPSA) is 91.8 Å². The molecular formula is C23H32N3O4P. The Hall–Kier alpha value is -2.44. The SMILES string of the molecule is CCOCNNC.COc1c(C)c(C=O)c(O)c2c1C=C(Cc1ccc(P)cc1)CN2. The minimum absolute atomic E-state index is 0.0130. The van der Waals surface area contributed by atoms with Gasteiger partial charge in [-0.25, -0.2) is 5.43 Å². The standard InChI is InChI=1S/C19H20NO3P.C4H12N2O/c1-11-16(10-21)18(22)17-15(19(11)23-2)8-13(9-20-17)7-12-3-5-14(24)6-4-12;1-3-7-4-6-5-2/h3-6,8,10,20,22H,7,9,24H2,1-2H3;5-6H,3-4H2,1-2H3. The van der Waals surface area contributed by atoms with Crippen LogP contribution >= 0.6 is 9.24 Å². The van der Waals surface area contributed by atoms with E-state index in [0.29, 0.717) is 36.6 Å². The molecule has 0 saturated heterocycles. The molecule has 1 atom stereocenters. The Morgan fingerprint density at radius 2 is 2.00 bits per heavy atom. The van der Waals surface area contributed by atoms with E-state index < -0.39 is 0 Å². The van der Waals surface area contributed by atoms with Crippen molar-refractivity contribution in [3.63, 3.8) is 0 Å². The van der Waals surface area contributed by atoms with Crippen molar-refractivity contribution in [1.29, 1.82) is 0 Å². The highest BCUT2D eigenvalue weighted by Gasteiger charge is 2.24. The van der Waals surface area contributed by atoms with Crippen LogP contribution in [0, 0.1) is 6.92 Å². The van der Waals surface area contributed by atoms with E-state index in [1.807, 2.05) is 13.0 Å². The van der Waals surface area contributed by atoms with Crippen molar-refractivity contribution in [2.75, 3.05) is 39.4 Å². The molecule has 0 bridgehead atoms. The lowest BCUT2D eigenvalue weighted by atomic mass is 9.93. The van der Waals surface area contributed by atoms with Gasteiger partial charge in [-0.3, -0.25) is 10.2 Å². The molecule has 8 heteroatoms. The number of aromatic hydroxyl groups is 1. The number of fused-ring (bicyclic) bond motifs is 1. The number of phenols is 1. The Morgan fingerprint density at radius 3 is 2.58 bits per heavy atom. The number of nitrogens with one attached hydrogen (secondary N) is 3. The molecule has 1 unspecified atom stereocenters. The lowest BCUT2D eigenvalue weighted by molar-refractivity contribution is 0.112. The molecule has 0 aromatic heterocycles. The van der Waals surface area contributed by atoms with Crippen LogP contribution in [0.1, 0.15) is 34.0 Å². The van der Waals surface area contributed by atoms with Gasteiger partial charge in [0.05, 0.1) is 18.4 Å². The summed E-state index contributed by atoms with van der Waals surface area (Å²) in [4.78, 5) is 11.3. The fourth-order valence-electron chi connectivity index (χ4n) is 3.30. The molecule has 1 aliphatic heterocycles. The molecule has 2 aromatic carbocycles. The zero-order valence-electron chi connectivity index (χ0n) is 18.5. The third-order valence-corrected chi connectivity index (χ3v) is 5.26. The molecule has 0 spiro atoms. The van der Waals surface area contributed by atoms with Gasteiger partial charge in [0.25, 0.3) is 0 Å². The monoisotopic (exact) mass is 445 g/mol. The fourth-order valence-corrected chi connectivity index (χ4v) is 3.49. The van der Waals surface area contributed by atoms with Crippen LogP contribution < -0.4 is 26.2 Å². The van der Waals surface area contributed by atoms with E-state index in [1.54, 1.807) is 21.1 Å². The highest BCUT2D eigenvalue weighted by atomic mass is 31.0. The Balaban J connectivity index is 0.000000423. The second-order valence-corrected chi connectivity index (χ2v) is 7.63. The van der Waals surface area contributed by atoms with Gasteiger partial charge >= 0.3 is 0 Å². The molecule has 0 amide bonds. The van der Waals surface area contributed by atoms with Crippen LogP contribution in [0.2, 0.25) is 0 Å². The van der Waals surface area contributed by atoms with Crippen LogP contribution in [0.5, 0.6) is 11.5 Å². The van der Waals surface area contributed by atoms with Gasteiger partial charge in [-0.1, -0.05) is 24.3 Å². The maximum atomic E-state index is 11.3. The van der Waals surface area contributed by atoms with Crippen LogP contribution in [0.25, 0.3) is 6.08 Å². The van der Waals surface area contributed by atoms with Gasteiger partial charge in [-0.2, -0.15) is 0 Å². The van der Waals surface area contributed by atoms with Gasteiger partial charge in [0, 0.05) is 24.3 Å². The average Bonchev–Trinajstić information content (AvgIpc) is 2.77. The lowest BCUT2D eigenvalue weighted by Gasteiger charge is -2.24. The van der Waals surface area contributed by atoms with Crippen molar-refractivity contribution in [2.24, 2.45) is 0 Å². The van der Waals surface area contributed by atoms with Crippen LogP contribution in [0.4, 0.5) is 5.69 Å². The molecular weight excluding hydrogens is 413 g/mol. The Labute approximate surface area is 186 Å². The predicted molar refractivity (Wildman–Crippen MR) is 129 cm³/mol.